The SMILES string of the molecule is C=C(C)C1(Br)[C@@H]2CC[C@@H]1c1ccccc12. The highest BCUT2D eigenvalue weighted by Gasteiger charge is 2.56. The first kappa shape index (κ1) is 9.65. The molecule has 0 saturated heterocycles. The average molecular weight is 263 g/mol. The van der Waals surface area contributed by atoms with Gasteiger partial charge in [-0.15, -0.1) is 0 Å². The van der Waals surface area contributed by atoms with Gasteiger partial charge in [0.25, 0.3) is 0 Å². The summed E-state index contributed by atoms with van der Waals surface area (Å²) < 4.78 is 0.149. The molecule has 3 rings (SSSR count). The van der Waals surface area contributed by atoms with Crippen molar-refractivity contribution in [2.75, 3.05) is 0 Å². The third-order valence-corrected chi connectivity index (χ3v) is 5.94. The monoisotopic (exact) mass is 262 g/mol. The summed E-state index contributed by atoms with van der Waals surface area (Å²) in [5, 5.41) is 0. The second-order valence-corrected chi connectivity index (χ2v) is 6.17. The van der Waals surface area contributed by atoms with Crippen LogP contribution in [0.3, 0.4) is 0 Å². The number of hydrogen-bond acceptors (Lipinski definition) is 0. The fourth-order valence-corrected chi connectivity index (χ4v) is 4.45. The Morgan fingerprint density at radius 2 is 1.73 bits per heavy atom. The number of allylic oxidation sites excluding steroid dienone is 1. The lowest BCUT2D eigenvalue weighted by Gasteiger charge is -2.28. The van der Waals surface area contributed by atoms with Gasteiger partial charge in [-0.2, -0.15) is 0 Å². The van der Waals surface area contributed by atoms with Gasteiger partial charge in [-0.05, 0) is 30.9 Å². The summed E-state index contributed by atoms with van der Waals surface area (Å²) in [4.78, 5) is 0. The molecular weight excluding hydrogens is 248 g/mol. The van der Waals surface area contributed by atoms with Crippen LogP contribution in [0.2, 0.25) is 0 Å². The van der Waals surface area contributed by atoms with Crippen molar-refractivity contribution >= 4 is 15.9 Å². The van der Waals surface area contributed by atoms with Crippen molar-refractivity contribution in [1.82, 2.24) is 0 Å². The van der Waals surface area contributed by atoms with Gasteiger partial charge in [0, 0.05) is 11.8 Å². The van der Waals surface area contributed by atoms with Crippen LogP contribution in [0.15, 0.2) is 36.4 Å². The molecule has 1 saturated carbocycles. The van der Waals surface area contributed by atoms with E-state index in [9.17, 15) is 0 Å². The molecule has 0 aliphatic heterocycles. The van der Waals surface area contributed by atoms with E-state index < -0.39 is 0 Å². The number of halogens is 1. The van der Waals surface area contributed by atoms with E-state index in [1.54, 1.807) is 11.1 Å². The molecule has 15 heavy (non-hydrogen) atoms. The summed E-state index contributed by atoms with van der Waals surface area (Å²) in [7, 11) is 0. The summed E-state index contributed by atoms with van der Waals surface area (Å²) in [6.07, 6.45) is 2.61. The molecule has 2 aliphatic rings. The highest BCUT2D eigenvalue weighted by Crippen LogP contribution is 2.65. The van der Waals surface area contributed by atoms with Gasteiger partial charge in [0.1, 0.15) is 0 Å². The molecule has 0 nitrogen and oxygen atoms in total. The van der Waals surface area contributed by atoms with Crippen LogP contribution in [-0.2, 0) is 0 Å². The van der Waals surface area contributed by atoms with E-state index in [-0.39, 0.29) is 4.32 Å². The van der Waals surface area contributed by atoms with Gasteiger partial charge in [0.15, 0.2) is 0 Å². The third kappa shape index (κ3) is 1.02. The molecule has 0 N–H and O–H groups in total. The van der Waals surface area contributed by atoms with Crippen LogP contribution < -0.4 is 0 Å². The smallest absolute Gasteiger partial charge is 0.0597 e. The Hall–Kier alpha value is -0.560. The number of benzene rings is 1. The minimum Gasteiger partial charge on any atom is -0.0987 e. The lowest BCUT2D eigenvalue weighted by molar-refractivity contribution is 0.630. The molecule has 0 aromatic heterocycles. The zero-order chi connectivity index (χ0) is 10.6. The molecule has 1 heteroatoms. The Balaban J connectivity index is 2.20. The minimum absolute atomic E-state index is 0.149. The first-order valence-corrected chi connectivity index (χ1v) is 6.38. The Morgan fingerprint density at radius 1 is 1.27 bits per heavy atom. The predicted octanol–water partition coefficient (Wildman–Crippen LogP) is 4.37. The van der Waals surface area contributed by atoms with E-state index in [1.807, 2.05) is 0 Å². The molecule has 0 amide bonds. The summed E-state index contributed by atoms with van der Waals surface area (Å²) in [6, 6.07) is 8.90. The minimum atomic E-state index is 0.149. The molecule has 2 atom stereocenters. The Labute approximate surface area is 99.5 Å². The molecule has 1 fully saturated rings. The van der Waals surface area contributed by atoms with Crippen LogP contribution >= 0.6 is 15.9 Å². The predicted molar refractivity (Wildman–Crippen MR) is 67.6 cm³/mol. The molecule has 1 aromatic carbocycles. The van der Waals surface area contributed by atoms with Crippen LogP contribution in [0.25, 0.3) is 0 Å². The largest absolute Gasteiger partial charge is 0.0987 e. The van der Waals surface area contributed by atoms with Crippen molar-refractivity contribution < 1.29 is 0 Å². The van der Waals surface area contributed by atoms with Gasteiger partial charge in [-0.3, -0.25) is 0 Å². The molecular formula is C14H15Br. The van der Waals surface area contributed by atoms with Gasteiger partial charge in [0.2, 0.25) is 0 Å². The fraction of sp³-hybridized carbons (Fsp3) is 0.429. The topological polar surface area (TPSA) is 0 Å². The quantitative estimate of drug-likeness (QED) is 0.521. The maximum Gasteiger partial charge on any atom is 0.0597 e. The van der Waals surface area contributed by atoms with E-state index >= 15 is 0 Å². The summed E-state index contributed by atoms with van der Waals surface area (Å²) in [5.41, 5.74) is 4.38. The van der Waals surface area contributed by atoms with Crippen molar-refractivity contribution in [1.29, 1.82) is 0 Å². The molecule has 0 spiro atoms. The molecule has 0 unspecified atom stereocenters. The van der Waals surface area contributed by atoms with Crippen molar-refractivity contribution in [2.45, 2.75) is 35.9 Å². The molecule has 2 aliphatic carbocycles. The molecule has 78 valence electrons. The second kappa shape index (κ2) is 2.98. The second-order valence-electron chi connectivity index (χ2n) is 4.86. The fourth-order valence-electron chi connectivity index (χ4n) is 3.50. The Kier molecular flexibility index (Phi) is 1.91. The molecule has 0 radical (unpaired) electrons. The van der Waals surface area contributed by atoms with Crippen LogP contribution in [0.1, 0.15) is 42.7 Å². The van der Waals surface area contributed by atoms with Crippen LogP contribution in [0, 0.1) is 0 Å². The summed E-state index contributed by atoms with van der Waals surface area (Å²) in [5.74, 6) is 1.30. The Morgan fingerprint density at radius 3 is 2.13 bits per heavy atom. The number of alkyl halides is 1. The van der Waals surface area contributed by atoms with Crippen molar-refractivity contribution in [3.8, 4) is 0 Å². The third-order valence-electron chi connectivity index (χ3n) is 4.16. The van der Waals surface area contributed by atoms with E-state index in [0.717, 1.165) is 0 Å². The van der Waals surface area contributed by atoms with E-state index in [2.05, 4.69) is 53.7 Å². The lowest BCUT2D eigenvalue weighted by atomic mass is 9.89. The van der Waals surface area contributed by atoms with Crippen molar-refractivity contribution in [3.05, 3.63) is 47.5 Å². The van der Waals surface area contributed by atoms with Crippen LogP contribution in [0.5, 0.6) is 0 Å². The van der Waals surface area contributed by atoms with Crippen molar-refractivity contribution in [3.63, 3.8) is 0 Å². The highest BCUT2D eigenvalue weighted by atomic mass is 79.9. The molecule has 1 aromatic rings. The first-order valence-electron chi connectivity index (χ1n) is 5.59. The van der Waals surface area contributed by atoms with Gasteiger partial charge >= 0.3 is 0 Å². The highest BCUT2D eigenvalue weighted by molar-refractivity contribution is 9.10. The average Bonchev–Trinajstić information content (AvgIpc) is 2.70. The summed E-state index contributed by atoms with van der Waals surface area (Å²) in [6.45, 7) is 6.34. The van der Waals surface area contributed by atoms with E-state index in [0.29, 0.717) is 11.8 Å². The lowest BCUT2D eigenvalue weighted by Crippen LogP contribution is -2.25. The summed E-state index contributed by atoms with van der Waals surface area (Å²) >= 11 is 3.98. The number of fused-ring (bicyclic) bond motifs is 5. The van der Waals surface area contributed by atoms with E-state index in [4.69, 9.17) is 0 Å². The molecule has 0 heterocycles. The Bertz CT molecular complexity index is 402. The number of hydrogen-bond donors (Lipinski definition) is 0. The van der Waals surface area contributed by atoms with Gasteiger partial charge in [-0.1, -0.05) is 52.3 Å². The first-order chi connectivity index (χ1) is 7.15. The zero-order valence-corrected chi connectivity index (χ0v) is 10.5. The van der Waals surface area contributed by atoms with Crippen LogP contribution in [-0.4, -0.2) is 4.32 Å². The van der Waals surface area contributed by atoms with Crippen molar-refractivity contribution in [2.24, 2.45) is 0 Å². The maximum atomic E-state index is 4.19. The maximum absolute atomic E-state index is 4.19. The zero-order valence-electron chi connectivity index (χ0n) is 8.96. The van der Waals surface area contributed by atoms with Gasteiger partial charge in [-0.25, -0.2) is 0 Å². The normalized spacial score (nSPS) is 36.7. The van der Waals surface area contributed by atoms with Gasteiger partial charge in [0.05, 0.1) is 4.32 Å². The van der Waals surface area contributed by atoms with Crippen LogP contribution in [0.4, 0.5) is 0 Å². The standard InChI is InChI=1S/C14H15Br/c1-9(2)14(15)12-7-8-13(14)11-6-4-3-5-10(11)12/h3-6,12-13H,1,7-8H2,2H3/t12-,13-/m1/s1. The molecule has 2 bridgehead atoms. The van der Waals surface area contributed by atoms with Gasteiger partial charge < -0.3 is 0 Å². The number of rotatable bonds is 1. The van der Waals surface area contributed by atoms with E-state index in [1.165, 1.54) is 18.4 Å².